The van der Waals surface area contributed by atoms with Crippen LogP contribution in [0.15, 0.2) is 12.2 Å². The molecule has 0 aromatic rings. The number of hydrogen-bond donors (Lipinski definition) is 8. The van der Waals surface area contributed by atoms with Gasteiger partial charge in [0.15, 0.2) is 6.29 Å². The van der Waals surface area contributed by atoms with Gasteiger partial charge in [-0.15, -0.1) is 0 Å². The Bertz CT molecular complexity index is 1240. The molecule has 1 heterocycles. The van der Waals surface area contributed by atoms with Crippen molar-refractivity contribution in [3.05, 3.63) is 12.2 Å². The predicted molar refractivity (Wildman–Crippen MR) is 316 cm³/mol. The van der Waals surface area contributed by atoms with Crippen LogP contribution in [0.4, 0.5) is 0 Å². The molecule has 0 aromatic carbocycles. The molecule has 0 saturated carbocycles. The maximum atomic E-state index is 13.2. The lowest BCUT2D eigenvalue weighted by atomic mass is 9.98. The Morgan fingerprint density at radius 2 is 0.763 bits per heavy atom. The van der Waals surface area contributed by atoms with Crippen molar-refractivity contribution in [2.24, 2.45) is 0 Å². The number of unbranched alkanes of at least 4 members (excludes halogenated alkanes) is 44. The molecule has 1 amide bonds. The number of amides is 1. The lowest BCUT2D eigenvalue weighted by Gasteiger charge is -2.40. The average Bonchev–Trinajstić information content (AvgIpc) is 3.42. The van der Waals surface area contributed by atoms with Gasteiger partial charge in [-0.05, 0) is 38.5 Å². The number of carbonyl (C=O) groups excluding carboxylic acids is 1. The lowest BCUT2D eigenvalue weighted by Crippen LogP contribution is -2.60. The van der Waals surface area contributed by atoms with Crippen LogP contribution in [-0.4, -0.2) is 110 Å². The van der Waals surface area contributed by atoms with Gasteiger partial charge in [-0.1, -0.05) is 302 Å². The van der Waals surface area contributed by atoms with Crippen LogP contribution in [0.25, 0.3) is 0 Å². The lowest BCUT2D eigenvalue weighted by molar-refractivity contribution is -0.303. The van der Waals surface area contributed by atoms with Gasteiger partial charge in [-0.2, -0.15) is 0 Å². The summed E-state index contributed by atoms with van der Waals surface area (Å²) in [7, 11) is 0. The molecule has 0 aromatic heterocycles. The Hall–Kier alpha value is -1.15. The zero-order chi connectivity index (χ0) is 55.4. The van der Waals surface area contributed by atoms with Gasteiger partial charge in [0, 0.05) is 0 Å². The van der Waals surface area contributed by atoms with Crippen LogP contribution >= 0.6 is 0 Å². The third-order valence-electron chi connectivity index (χ3n) is 16.3. The Labute approximate surface area is 468 Å². The molecule has 11 nitrogen and oxygen atoms in total. The number of ether oxygens (including phenoxy) is 2. The highest BCUT2D eigenvalue weighted by molar-refractivity contribution is 5.80. The summed E-state index contributed by atoms with van der Waals surface area (Å²) in [5.41, 5.74) is 0. The molecule has 9 unspecified atom stereocenters. The van der Waals surface area contributed by atoms with Crippen LogP contribution in [0.2, 0.25) is 0 Å². The molecule has 9 atom stereocenters. The quantitative estimate of drug-likeness (QED) is 0.0215. The summed E-state index contributed by atoms with van der Waals surface area (Å²) in [5, 5.41) is 76.4. The van der Waals surface area contributed by atoms with Gasteiger partial charge >= 0.3 is 0 Å². The van der Waals surface area contributed by atoms with E-state index in [1.54, 1.807) is 0 Å². The molecule has 76 heavy (non-hydrogen) atoms. The third-order valence-corrected chi connectivity index (χ3v) is 16.3. The third kappa shape index (κ3) is 41.8. The van der Waals surface area contributed by atoms with Gasteiger partial charge in [0.2, 0.25) is 5.91 Å². The Kier molecular flexibility index (Phi) is 52.2. The van der Waals surface area contributed by atoms with Crippen LogP contribution in [0.1, 0.15) is 328 Å². The topological polar surface area (TPSA) is 189 Å². The van der Waals surface area contributed by atoms with Gasteiger partial charge in [0.25, 0.3) is 0 Å². The summed E-state index contributed by atoms with van der Waals surface area (Å²) >= 11 is 0. The van der Waals surface area contributed by atoms with Crippen LogP contribution < -0.4 is 5.32 Å². The number of aliphatic hydroxyl groups is 7. The minimum atomic E-state index is -1.66. The molecule has 1 saturated heterocycles. The first-order valence-corrected chi connectivity index (χ1v) is 33.1. The fourth-order valence-electron chi connectivity index (χ4n) is 11.0. The highest BCUT2D eigenvalue weighted by atomic mass is 16.7. The molecule has 452 valence electrons. The molecule has 0 bridgehead atoms. The maximum Gasteiger partial charge on any atom is 0.249 e. The average molecular weight is 1080 g/mol. The van der Waals surface area contributed by atoms with Crippen molar-refractivity contribution < 1.29 is 50.0 Å². The summed E-state index contributed by atoms with van der Waals surface area (Å²) in [4.78, 5) is 13.2. The van der Waals surface area contributed by atoms with Crippen molar-refractivity contribution >= 4 is 5.91 Å². The van der Waals surface area contributed by atoms with E-state index in [1.165, 1.54) is 244 Å². The summed E-state index contributed by atoms with van der Waals surface area (Å²) in [6, 6.07) is -1.17. The summed E-state index contributed by atoms with van der Waals surface area (Å²) in [6.45, 7) is 3.51. The molecule has 8 N–H and O–H groups in total. The van der Waals surface area contributed by atoms with Gasteiger partial charge < -0.3 is 50.5 Å². The Morgan fingerprint density at radius 1 is 0.447 bits per heavy atom. The molecule has 1 fully saturated rings. The van der Waals surface area contributed by atoms with Crippen LogP contribution in [0, 0.1) is 0 Å². The maximum absolute atomic E-state index is 13.2. The Morgan fingerprint density at radius 3 is 1.11 bits per heavy atom. The Balaban J connectivity index is 2.24. The van der Waals surface area contributed by atoms with E-state index >= 15 is 0 Å². The summed E-state index contributed by atoms with van der Waals surface area (Å²) in [5.74, 6) is -0.693. The van der Waals surface area contributed by atoms with Gasteiger partial charge in [0.05, 0.1) is 25.4 Å². The molecule has 0 radical (unpaired) electrons. The second-order valence-electron chi connectivity index (χ2n) is 23.5. The minimum absolute atomic E-state index is 0.260. The fraction of sp³-hybridized carbons (Fsp3) is 0.954. The van der Waals surface area contributed by atoms with E-state index in [9.17, 15) is 40.5 Å². The molecule has 11 heteroatoms. The molecule has 0 spiro atoms. The second-order valence-corrected chi connectivity index (χ2v) is 23.5. The smallest absolute Gasteiger partial charge is 0.249 e. The predicted octanol–water partition coefficient (Wildman–Crippen LogP) is 15.1. The SMILES string of the molecule is CCCCCCCCCCCCCC/C=C\CCCCCCCCCCC(O)C(=O)NC(COC1OC(CO)C(O)C(O)C1O)C(O)C(O)CCCCCCCCCCCCCCCCCCCCCCCCCCC. The number of carbonyl (C=O) groups is 1. The first-order chi connectivity index (χ1) is 37.2. The number of aliphatic hydroxyl groups excluding tert-OH is 7. The monoisotopic (exact) mass is 1080 g/mol. The van der Waals surface area contributed by atoms with Crippen LogP contribution in [0.5, 0.6) is 0 Å². The highest BCUT2D eigenvalue weighted by Gasteiger charge is 2.44. The largest absolute Gasteiger partial charge is 0.394 e. The van der Waals surface area contributed by atoms with Crippen molar-refractivity contribution in [3.63, 3.8) is 0 Å². The highest BCUT2D eigenvalue weighted by Crippen LogP contribution is 2.24. The van der Waals surface area contributed by atoms with Gasteiger partial charge in [0.1, 0.15) is 36.6 Å². The summed E-state index contributed by atoms with van der Waals surface area (Å²) < 4.78 is 11.2. The second kappa shape index (κ2) is 54.4. The number of rotatable bonds is 58. The number of allylic oxidation sites excluding steroid dienone is 2. The van der Waals surface area contributed by atoms with E-state index in [2.05, 4.69) is 31.3 Å². The first-order valence-electron chi connectivity index (χ1n) is 33.1. The van der Waals surface area contributed by atoms with E-state index in [0.717, 1.165) is 44.9 Å². The van der Waals surface area contributed by atoms with Gasteiger partial charge in [-0.3, -0.25) is 4.79 Å². The summed E-state index contributed by atoms with van der Waals surface area (Å²) in [6.07, 6.45) is 54.2. The van der Waals surface area contributed by atoms with E-state index in [4.69, 9.17) is 9.47 Å². The van der Waals surface area contributed by atoms with Gasteiger partial charge in [-0.25, -0.2) is 0 Å². The fourth-order valence-corrected chi connectivity index (χ4v) is 11.0. The van der Waals surface area contributed by atoms with Crippen LogP contribution in [-0.2, 0) is 14.3 Å². The van der Waals surface area contributed by atoms with Crippen molar-refractivity contribution in [1.29, 1.82) is 0 Å². The normalized spacial score (nSPS) is 19.6. The van der Waals surface area contributed by atoms with Crippen molar-refractivity contribution in [2.75, 3.05) is 13.2 Å². The molecule has 0 aliphatic carbocycles. The van der Waals surface area contributed by atoms with Crippen LogP contribution in [0.3, 0.4) is 0 Å². The van der Waals surface area contributed by atoms with Crippen molar-refractivity contribution in [3.8, 4) is 0 Å². The molecular formula is C65H127NO10. The molecule has 1 rings (SSSR count). The van der Waals surface area contributed by atoms with E-state index in [0.29, 0.717) is 19.3 Å². The number of nitrogens with one attached hydrogen (secondary N) is 1. The molecule has 1 aliphatic rings. The molecular weight excluding hydrogens is 955 g/mol. The zero-order valence-corrected chi connectivity index (χ0v) is 49.8. The van der Waals surface area contributed by atoms with E-state index in [-0.39, 0.29) is 6.42 Å². The van der Waals surface area contributed by atoms with Crippen molar-refractivity contribution in [2.45, 2.75) is 384 Å². The zero-order valence-electron chi connectivity index (χ0n) is 49.8. The first kappa shape index (κ1) is 72.9. The minimum Gasteiger partial charge on any atom is -0.394 e. The van der Waals surface area contributed by atoms with E-state index in [1.807, 2.05) is 0 Å². The number of hydrogen-bond acceptors (Lipinski definition) is 10. The van der Waals surface area contributed by atoms with E-state index < -0.39 is 74.2 Å². The standard InChI is InChI=1S/C65H127NO10/c1-3-5-7-9-11-13-15-17-19-21-23-25-27-29-31-32-34-36-38-40-42-44-46-48-50-52-57(68)60(70)56(55-75-65-63(73)62(72)61(71)59(54-67)76-65)66-64(74)58(69)53-51-49-47-45-43-41-39-37-35-33-30-28-26-24-22-20-18-16-14-12-10-8-6-4-2/h30,33,56-63,65,67-73H,3-29,31-32,34-55H2,1-2H3,(H,66,74)/b33-30-. The van der Waals surface area contributed by atoms with Crippen molar-refractivity contribution in [1.82, 2.24) is 5.32 Å². The molecule has 1 aliphatic heterocycles.